The van der Waals surface area contributed by atoms with Crippen LogP contribution in [-0.2, 0) is 20.8 Å². The molecule has 0 spiro atoms. The van der Waals surface area contributed by atoms with Gasteiger partial charge in [-0.2, -0.15) is 0 Å². The molecule has 0 fully saturated rings. The zero-order valence-corrected chi connectivity index (χ0v) is 13.2. The van der Waals surface area contributed by atoms with E-state index in [1.54, 1.807) is 19.9 Å². The number of nitrogen functional groups attached to an aromatic ring is 1. The van der Waals surface area contributed by atoms with Crippen molar-refractivity contribution in [2.45, 2.75) is 25.7 Å². The van der Waals surface area contributed by atoms with Crippen LogP contribution < -0.4 is 10.5 Å². The summed E-state index contributed by atoms with van der Waals surface area (Å²) in [5.74, 6) is 0.290. The molecule has 108 valence electrons. The molecule has 1 aromatic carbocycles. The molecule has 0 aromatic heterocycles. The van der Waals surface area contributed by atoms with Crippen LogP contribution in [0.4, 0.5) is 5.69 Å². The van der Waals surface area contributed by atoms with Gasteiger partial charge in [-0.05, 0) is 37.5 Å². The maximum Gasteiger partial charge on any atom is 0.241 e. The highest BCUT2D eigenvalue weighted by atomic mass is 32.2. The SMILES string of the molecule is Cc1cc(C)c(S(=O)(=O)NCCS(C)=O)c(C)c1N. The first kappa shape index (κ1) is 16.1. The van der Waals surface area contributed by atoms with Crippen LogP contribution in [0, 0.1) is 20.8 Å². The zero-order valence-electron chi connectivity index (χ0n) is 11.6. The average Bonchev–Trinajstić information content (AvgIpc) is 2.24. The van der Waals surface area contributed by atoms with Crippen LogP contribution in [0.5, 0.6) is 0 Å². The highest BCUT2D eigenvalue weighted by Gasteiger charge is 2.21. The van der Waals surface area contributed by atoms with E-state index >= 15 is 0 Å². The summed E-state index contributed by atoms with van der Waals surface area (Å²) in [5, 5.41) is 0. The summed E-state index contributed by atoms with van der Waals surface area (Å²) < 4.78 is 37.9. The van der Waals surface area contributed by atoms with Gasteiger partial charge in [-0.15, -0.1) is 0 Å². The molecule has 0 amide bonds. The molecular weight excluding hydrogens is 284 g/mol. The molecule has 0 aliphatic heterocycles. The number of nitrogens with one attached hydrogen (secondary N) is 1. The molecule has 1 aromatic rings. The second kappa shape index (κ2) is 6.02. The van der Waals surface area contributed by atoms with Crippen molar-refractivity contribution in [2.75, 3.05) is 24.3 Å². The van der Waals surface area contributed by atoms with Crippen LogP contribution >= 0.6 is 0 Å². The van der Waals surface area contributed by atoms with Crippen LogP contribution in [-0.4, -0.2) is 31.2 Å². The van der Waals surface area contributed by atoms with Gasteiger partial charge in [-0.25, -0.2) is 13.1 Å². The number of hydrogen-bond donors (Lipinski definition) is 2. The monoisotopic (exact) mass is 304 g/mol. The molecule has 0 saturated carbocycles. The van der Waals surface area contributed by atoms with Gasteiger partial charge < -0.3 is 5.73 Å². The molecule has 7 heteroatoms. The quantitative estimate of drug-likeness (QED) is 0.789. The second-order valence-corrected chi connectivity index (χ2v) is 7.81. The Bertz CT molecular complexity index is 610. The van der Waals surface area contributed by atoms with Crippen molar-refractivity contribution in [2.24, 2.45) is 0 Å². The summed E-state index contributed by atoms with van der Waals surface area (Å²) in [7, 11) is -4.65. The number of anilines is 1. The highest BCUT2D eigenvalue weighted by Crippen LogP contribution is 2.27. The third-order valence-electron chi connectivity index (χ3n) is 2.91. The van der Waals surface area contributed by atoms with Crippen LogP contribution in [0.2, 0.25) is 0 Å². The number of benzene rings is 1. The minimum atomic E-state index is -3.62. The van der Waals surface area contributed by atoms with Crippen molar-refractivity contribution >= 4 is 26.5 Å². The van der Waals surface area contributed by atoms with E-state index in [4.69, 9.17) is 5.73 Å². The van der Waals surface area contributed by atoms with E-state index in [0.717, 1.165) is 5.56 Å². The lowest BCUT2D eigenvalue weighted by Crippen LogP contribution is -2.29. The van der Waals surface area contributed by atoms with Crippen molar-refractivity contribution < 1.29 is 12.6 Å². The Morgan fingerprint density at radius 1 is 1.26 bits per heavy atom. The molecule has 5 nitrogen and oxygen atoms in total. The molecule has 1 atom stereocenters. The summed E-state index contributed by atoms with van der Waals surface area (Å²) in [5.41, 5.74) is 8.46. The van der Waals surface area contributed by atoms with Crippen LogP contribution in [0.25, 0.3) is 0 Å². The molecule has 0 bridgehead atoms. The molecular formula is C12H20N2O3S2. The van der Waals surface area contributed by atoms with Gasteiger partial charge in [0.2, 0.25) is 10.0 Å². The largest absolute Gasteiger partial charge is 0.398 e. The van der Waals surface area contributed by atoms with Crippen LogP contribution in [0.15, 0.2) is 11.0 Å². The summed E-state index contributed by atoms with van der Waals surface area (Å²) >= 11 is 0. The smallest absolute Gasteiger partial charge is 0.241 e. The first-order valence-corrected chi connectivity index (χ1v) is 9.04. The Balaban J connectivity index is 3.15. The van der Waals surface area contributed by atoms with Gasteiger partial charge in [0.1, 0.15) is 0 Å². The van der Waals surface area contributed by atoms with E-state index < -0.39 is 20.8 Å². The zero-order chi connectivity index (χ0) is 14.8. The van der Waals surface area contributed by atoms with E-state index in [9.17, 15) is 12.6 Å². The van der Waals surface area contributed by atoms with E-state index in [1.165, 1.54) is 6.26 Å². The lowest BCUT2D eigenvalue weighted by atomic mass is 10.1. The first-order chi connectivity index (χ1) is 8.66. The number of rotatable bonds is 5. The van der Waals surface area contributed by atoms with Gasteiger partial charge in [-0.1, -0.05) is 6.07 Å². The molecule has 0 aliphatic carbocycles. The molecule has 0 aliphatic rings. The fourth-order valence-corrected chi connectivity index (χ4v) is 4.02. The molecule has 0 heterocycles. The van der Waals surface area contributed by atoms with Gasteiger partial charge in [0.05, 0.1) is 4.90 Å². The topological polar surface area (TPSA) is 89.3 Å². The summed E-state index contributed by atoms with van der Waals surface area (Å²) in [4.78, 5) is 0.220. The summed E-state index contributed by atoms with van der Waals surface area (Å²) in [6.07, 6.45) is 1.54. The van der Waals surface area contributed by atoms with Gasteiger partial charge in [0, 0.05) is 35.0 Å². The van der Waals surface area contributed by atoms with Crippen LogP contribution in [0.3, 0.4) is 0 Å². The van der Waals surface area contributed by atoms with Gasteiger partial charge in [-0.3, -0.25) is 4.21 Å². The van der Waals surface area contributed by atoms with E-state index in [1.807, 2.05) is 6.92 Å². The molecule has 0 saturated heterocycles. The van der Waals surface area contributed by atoms with Gasteiger partial charge in [0.15, 0.2) is 0 Å². The Labute approximate surface area is 117 Å². The Kier molecular flexibility index (Phi) is 5.11. The molecule has 0 radical (unpaired) electrons. The normalized spacial score (nSPS) is 13.5. The van der Waals surface area contributed by atoms with Crippen LogP contribution in [0.1, 0.15) is 16.7 Å². The molecule has 19 heavy (non-hydrogen) atoms. The maximum absolute atomic E-state index is 12.3. The number of hydrogen-bond acceptors (Lipinski definition) is 4. The second-order valence-electron chi connectivity index (χ2n) is 4.55. The Morgan fingerprint density at radius 3 is 2.37 bits per heavy atom. The van der Waals surface area contributed by atoms with E-state index in [-0.39, 0.29) is 11.4 Å². The molecule has 1 rings (SSSR count). The minimum absolute atomic E-state index is 0.151. The highest BCUT2D eigenvalue weighted by molar-refractivity contribution is 7.89. The maximum atomic E-state index is 12.3. The van der Waals surface area contributed by atoms with Gasteiger partial charge in [0.25, 0.3) is 0 Å². The molecule has 3 N–H and O–H groups in total. The predicted octanol–water partition coefficient (Wildman–Crippen LogP) is 0.851. The fraction of sp³-hybridized carbons (Fsp3) is 0.500. The van der Waals surface area contributed by atoms with E-state index in [2.05, 4.69) is 4.72 Å². The Morgan fingerprint density at radius 2 is 1.84 bits per heavy atom. The van der Waals surface area contributed by atoms with Crippen molar-refractivity contribution in [3.63, 3.8) is 0 Å². The van der Waals surface area contributed by atoms with Crippen molar-refractivity contribution in [1.29, 1.82) is 0 Å². The van der Waals surface area contributed by atoms with Gasteiger partial charge >= 0.3 is 0 Å². The van der Waals surface area contributed by atoms with Crippen molar-refractivity contribution in [1.82, 2.24) is 4.72 Å². The Hall–Kier alpha value is -0.920. The number of sulfonamides is 1. The lowest BCUT2D eigenvalue weighted by molar-refractivity contribution is 0.582. The third-order valence-corrected chi connectivity index (χ3v) is 5.44. The van der Waals surface area contributed by atoms with Crippen molar-refractivity contribution in [3.8, 4) is 0 Å². The first-order valence-electron chi connectivity index (χ1n) is 5.82. The van der Waals surface area contributed by atoms with Crippen molar-refractivity contribution in [3.05, 3.63) is 22.8 Å². The minimum Gasteiger partial charge on any atom is -0.398 e. The predicted molar refractivity (Wildman–Crippen MR) is 79.2 cm³/mol. The molecule has 1 unspecified atom stereocenters. The fourth-order valence-electron chi connectivity index (χ4n) is 1.99. The average molecular weight is 304 g/mol. The number of aryl methyl sites for hydroxylation is 2. The number of nitrogens with two attached hydrogens (primary N) is 1. The lowest BCUT2D eigenvalue weighted by Gasteiger charge is -2.15. The summed E-state index contributed by atoms with van der Waals surface area (Å²) in [6, 6.07) is 1.76. The summed E-state index contributed by atoms with van der Waals surface area (Å²) in [6.45, 7) is 5.44. The standard InChI is InChI=1S/C12H20N2O3S2/c1-8-7-9(2)12(10(3)11(8)13)19(16,17)14-5-6-18(4)15/h7,14H,5-6,13H2,1-4H3. The van der Waals surface area contributed by atoms with E-state index in [0.29, 0.717) is 22.6 Å². The third kappa shape index (κ3) is 3.77.